The van der Waals surface area contributed by atoms with Gasteiger partial charge in [-0.1, -0.05) is 0 Å². The molecule has 0 amide bonds. The molecular weight excluding hydrogens is 326 g/mol. The molecule has 1 aliphatic rings. The van der Waals surface area contributed by atoms with Gasteiger partial charge in [-0.05, 0) is 45.1 Å². The summed E-state index contributed by atoms with van der Waals surface area (Å²) >= 11 is 0. The van der Waals surface area contributed by atoms with Crippen LogP contribution in [0.1, 0.15) is 12.8 Å². The molecule has 0 radical (unpaired) electrons. The minimum absolute atomic E-state index is 0.155. The molecule has 1 aromatic carbocycles. The fraction of sp³-hybridized carbons (Fsp3) is 0.600. The molecule has 2 rings (SSSR count). The highest BCUT2D eigenvalue weighted by Gasteiger charge is 2.29. The van der Waals surface area contributed by atoms with Crippen molar-refractivity contribution in [1.29, 1.82) is 0 Å². The van der Waals surface area contributed by atoms with Crippen LogP contribution in [0, 0.1) is 11.6 Å². The molecule has 1 heterocycles. The molecular formula is C15H22F2N2O3S. The number of hydrogen-bond acceptors (Lipinski definition) is 4. The molecule has 1 aliphatic heterocycles. The summed E-state index contributed by atoms with van der Waals surface area (Å²) in [5, 5.41) is 0. The summed E-state index contributed by atoms with van der Waals surface area (Å²) in [6.07, 6.45) is 1.54. The van der Waals surface area contributed by atoms with E-state index >= 15 is 0 Å². The molecule has 1 saturated heterocycles. The molecule has 0 aliphatic carbocycles. The van der Waals surface area contributed by atoms with Crippen LogP contribution in [0.5, 0.6) is 0 Å². The highest BCUT2D eigenvalue weighted by Crippen LogP contribution is 2.21. The molecule has 5 nitrogen and oxygen atoms in total. The molecule has 1 aromatic rings. The highest BCUT2D eigenvalue weighted by molar-refractivity contribution is 7.89. The maximum Gasteiger partial charge on any atom is 0.243 e. The molecule has 1 unspecified atom stereocenters. The zero-order valence-electron chi connectivity index (χ0n) is 13.3. The lowest BCUT2D eigenvalue weighted by molar-refractivity contribution is 0.0925. The molecule has 0 bridgehead atoms. The van der Waals surface area contributed by atoms with Crippen LogP contribution >= 0.6 is 0 Å². The van der Waals surface area contributed by atoms with Crippen LogP contribution in [-0.4, -0.2) is 64.1 Å². The Morgan fingerprint density at radius 2 is 1.96 bits per heavy atom. The van der Waals surface area contributed by atoms with Gasteiger partial charge in [0.05, 0.1) is 11.0 Å². The molecule has 130 valence electrons. The summed E-state index contributed by atoms with van der Waals surface area (Å²) < 4.78 is 58.8. The number of likely N-dealkylation sites (N-methyl/N-ethyl adjacent to an activating group) is 1. The van der Waals surface area contributed by atoms with Crippen molar-refractivity contribution in [2.75, 3.05) is 40.3 Å². The van der Waals surface area contributed by atoms with E-state index < -0.39 is 21.7 Å². The summed E-state index contributed by atoms with van der Waals surface area (Å²) in [7, 11) is -0.220. The topological polar surface area (TPSA) is 49.9 Å². The van der Waals surface area contributed by atoms with Crippen LogP contribution < -0.4 is 0 Å². The van der Waals surface area contributed by atoms with Crippen molar-refractivity contribution in [1.82, 2.24) is 9.21 Å². The van der Waals surface area contributed by atoms with E-state index in [2.05, 4.69) is 0 Å². The molecule has 0 aromatic heterocycles. The number of rotatable bonds is 7. The maximum absolute atomic E-state index is 13.4. The van der Waals surface area contributed by atoms with Crippen molar-refractivity contribution in [3.63, 3.8) is 0 Å². The van der Waals surface area contributed by atoms with Crippen molar-refractivity contribution in [3.8, 4) is 0 Å². The first-order valence-electron chi connectivity index (χ1n) is 7.52. The van der Waals surface area contributed by atoms with E-state index in [0.717, 1.165) is 31.0 Å². The lowest BCUT2D eigenvalue weighted by atomic mass is 10.2. The predicted molar refractivity (Wildman–Crippen MR) is 82.6 cm³/mol. The average molecular weight is 348 g/mol. The Morgan fingerprint density at radius 1 is 1.22 bits per heavy atom. The Morgan fingerprint density at radius 3 is 2.52 bits per heavy atom. The second kappa shape index (κ2) is 7.65. The first-order valence-corrected chi connectivity index (χ1v) is 8.96. The van der Waals surface area contributed by atoms with Crippen molar-refractivity contribution >= 4 is 10.0 Å². The summed E-state index contributed by atoms with van der Waals surface area (Å²) in [6.45, 7) is 1.62. The van der Waals surface area contributed by atoms with E-state index in [1.807, 2.05) is 19.0 Å². The summed E-state index contributed by atoms with van der Waals surface area (Å²) in [4.78, 5) is 1.62. The van der Waals surface area contributed by atoms with Crippen LogP contribution in [0.15, 0.2) is 23.1 Å². The summed E-state index contributed by atoms with van der Waals surface area (Å²) in [5.74, 6) is -2.24. The Labute approximate surface area is 135 Å². The van der Waals surface area contributed by atoms with E-state index in [1.54, 1.807) is 0 Å². The molecule has 0 spiro atoms. The second-order valence-corrected chi connectivity index (χ2v) is 7.82. The average Bonchev–Trinajstić information content (AvgIpc) is 2.98. The number of benzene rings is 1. The first kappa shape index (κ1) is 18.3. The zero-order valence-corrected chi connectivity index (χ0v) is 14.2. The van der Waals surface area contributed by atoms with Gasteiger partial charge in [0.15, 0.2) is 11.6 Å². The molecule has 1 atom stereocenters. The van der Waals surface area contributed by atoms with Gasteiger partial charge in [0.25, 0.3) is 0 Å². The third-order valence-corrected chi connectivity index (χ3v) is 5.62. The fourth-order valence-electron chi connectivity index (χ4n) is 2.42. The zero-order chi connectivity index (χ0) is 17.0. The van der Waals surface area contributed by atoms with Gasteiger partial charge in [0.1, 0.15) is 0 Å². The number of ether oxygens (including phenoxy) is 1. The Bertz CT molecular complexity index is 632. The van der Waals surface area contributed by atoms with Gasteiger partial charge in [0.2, 0.25) is 10.0 Å². The Kier molecular flexibility index (Phi) is 6.07. The van der Waals surface area contributed by atoms with Crippen LogP contribution in [0.25, 0.3) is 0 Å². The van der Waals surface area contributed by atoms with Gasteiger partial charge in [-0.2, -0.15) is 4.31 Å². The third kappa shape index (κ3) is 4.69. The highest BCUT2D eigenvalue weighted by atomic mass is 32.2. The number of nitrogens with zero attached hydrogens (tertiary/aromatic N) is 2. The monoisotopic (exact) mass is 348 g/mol. The Balaban J connectivity index is 2.24. The number of sulfonamides is 1. The van der Waals surface area contributed by atoms with Crippen LogP contribution in [-0.2, 0) is 14.8 Å². The van der Waals surface area contributed by atoms with Gasteiger partial charge in [0, 0.05) is 26.2 Å². The molecule has 23 heavy (non-hydrogen) atoms. The number of hydrogen-bond donors (Lipinski definition) is 0. The van der Waals surface area contributed by atoms with Crippen molar-refractivity contribution in [3.05, 3.63) is 29.8 Å². The van der Waals surface area contributed by atoms with Gasteiger partial charge in [-0.15, -0.1) is 0 Å². The van der Waals surface area contributed by atoms with Gasteiger partial charge in [-0.3, -0.25) is 0 Å². The maximum atomic E-state index is 13.4. The summed E-state index contributed by atoms with van der Waals surface area (Å²) in [5.41, 5.74) is 0. The van der Waals surface area contributed by atoms with E-state index in [1.165, 1.54) is 4.31 Å². The van der Waals surface area contributed by atoms with Gasteiger partial charge >= 0.3 is 0 Å². The standard InChI is InChI=1S/C15H22F2N2O3S/c1-18(2)7-8-19(11-12-4-3-9-22-12)23(20,21)13-5-6-14(16)15(17)10-13/h5-6,10,12H,3-4,7-9,11H2,1-2H3. The van der Waals surface area contributed by atoms with E-state index in [-0.39, 0.29) is 24.1 Å². The number of halogens is 2. The fourth-order valence-corrected chi connectivity index (χ4v) is 3.90. The molecule has 8 heteroatoms. The van der Waals surface area contributed by atoms with Crippen molar-refractivity contribution < 1.29 is 21.9 Å². The van der Waals surface area contributed by atoms with Gasteiger partial charge in [-0.25, -0.2) is 17.2 Å². The lowest BCUT2D eigenvalue weighted by Crippen LogP contribution is -2.41. The minimum atomic E-state index is -3.90. The molecule has 1 fully saturated rings. The largest absolute Gasteiger partial charge is 0.377 e. The summed E-state index contributed by atoms with van der Waals surface area (Å²) in [6, 6.07) is 2.65. The van der Waals surface area contributed by atoms with E-state index in [0.29, 0.717) is 13.2 Å². The third-order valence-electron chi connectivity index (χ3n) is 3.76. The van der Waals surface area contributed by atoms with E-state index in [9.17, 15) is 17.2 Å². The quantitative estimate of drug-likeness (QED) is 0.753. The van der Waals surface area contributed by atoms with Gasteiger partial charge < -0.3 is 9.64 Å². The normalized spacial score (nSPS) is 19.0. The predicted octanol–water partition coefficient (Wildman–Crippen LogP) is 1.70. The van der Waals surface area contributed by atoms with Crippen LogP contribution in [0.4, 0.5) is 8.78 Å². The SMILES string of the molecule is CN(C)CCN(CC1CCCO1)S(=O)(=O)c1ccc(F)c(F)c1. The van der Waals surface area contributed by atoms with Crippen LogP contribution in [0.3, 0.4) is 0 Å². The van der Waals surface area contributed by atoms with Crippen molar-refractivity contribution in [2.45, 2.75) is 23.8 Å². The molecule has 0 N–H and O–H groups in total. The minimum Gasteiger partial charge on any atom is -0.377 e. The lowest BCUT2D eigenvalue weighted by Gasteiger charge is -2.26. The second-order valence-electron chi connectivity index (χ2n) is 5.88. The van der Waals surface area contributed by atoms with Crippen LogP contribution in [0.2, 0.25) is 0 Å². The smallest absolute Gasteiger partial charge is 0.243 e. The Hall–Kier alpha value is -1.09. The first-order chi connectivity index (χ1) is 10.8. The van der Waals surface area contributed by atoms with E-state index in [4.69, 9.17) is 4.74 Å². The molecule has 0 saturated carbocycles. The van der Waals surface area contributed by atoms with Crippen molar-refractivity contribution in [2.24, 2.45) is 0 Å².